The highest BCUT2D eigenvalue weighted by molar-refractivity contribution is 8.93. The molecule has 1 fully saturated rings. The molecule has 1 saturated heterocycles. The van der Waals surface area contributed by atoms with Crippen molar-refractivity contribution >= 4 is 33.9 Å². The normalized spacial score (nSPS) is 23.1. The topological polar surface area (TPSA) is 15.6 Å². The van der Waals surface area contributed by atoms with Gasteiger partial charge in [0.2, 0.25) is 0 Å². The molecular weight excluding hydrogens is 200 g/mol. The van der Waals surface area contributed by atoms with Gasteiger partial charge in [-0.25, -0.2) is 0 Å². The van der Waals surface area contributed by atoms with Crippen molar-refractivity contribution in [3.8, 4) is 0 Å². The third kappa shape index (κ3) is 1.24. The van der Waals surface area contributed by atoms with E-state index in [0.29, 0.717) is 0 Å². The fourth-order valence-electron chi connectivity index (χ4n) is 1.05. The molecule has 0 unspecified atom stereocenters. The number of hydrogen-bond donors (Lipinski definition) is 0. The Labute approximate surface area is 69.5 Å². The summed E-state index contributed by atoms with van der Waals surface area (Å²) < 4.78 is 0. The first-order valence-electron chi connectivity index (χ1n) is 2.89. The van der Waals surface area contributed by atoms with Crippen LogP contribution in [0.1, 0.15) is 0 Å². The SMILES string of the molecule is Br.C1CN2CCSC2=N1. The van der Waals surface area contributed by atoms with Crippen LogP contribution in [-0.4, -0.2) is 35.5 Å². The summed E-state index contributed by atoms with van der Waals surface area (Å²) in [6, 6.07) is 0. The van der Waals surface area contributed by atoms with Crippen molar-refractivity contribution in [2.24, 2.45) is 4.99 Å². The second kappa shape index (κ2) is 2.92. The molecule has 0 aromatic carbocycles. The van der Waals surface area contributed by atoms with Gasteiger partial charge in [0.1, 0.15) is 0 Å². The van der Waals surface area contributed by atoms with E-state index in [1.54, 1.807) is 0 Å². The predicted molar refractivity (Wildman–Crippen MR) is 46.7 cm³/mol. The van der Waals surface area contributed by atoms with Gasteiger partial charge in [-0.05, 0) is 0 Å². The summed E-state index contributed by atoms with van der Waals surface area (Å²) in [4.78, 5) is 6.66. The molecule has 2 heterocycles. The summed E-state index contributed by atoms with van der Waals surface area (Å²) in [6.07, 6.45) is 0. The highest BCUT2D eigenvalue weighted by Gasteiger charge is 2.21. The Balaban J connectivity index is 0.000000405. The van der Waals surface area contributed by atoms with Crippen molar-refractivity contribution in [2.45, 2.75) is 0 Å². The van der Waals surface area contributed by atoms with Crippen molar-refractivity contribution in [3.05, 3.63) is 0 Å². The van der Waals surface area contributed by atoms with Crippen LogP contribution in [0.25, 0.3) is 0 Å². The van der Waals surface area contributed by atoms with Crippen LogP contribution in [0.15, 0.2) is 4.99 Å². The van der Waals surface area contributed by atoms with Crippen LogP contribution >= 0.6 is 28.7 Å². The van der Waals surface area contributed by atoms with Crippen LogP contribution in [-0.2, 0) is 0 Å². The lowest BCUT2D eigenvalue weighted by molar-refractivity contribution is 0.504. The number of amidine groups is 1. The zero-order valence-corrected chi connectivity index (χ0v) is 7.57. The molecule has 2 nitrogen and oxygen atoms in total. The molecule has 2 rings (SSSR count). The smallest absolute Gasteiger partial charge is 0.159 e. The Hall–Kier alpha value is 0.300. The van der Waals surface area contributed by atoms with Gasteiger partial charge in [0, 0.05) is 18.8 Å². The van der Waals surface area contributed by atoms with E-state index in [1.165, 1.54) is 24.0 Å². The van der Waals surface area contributed by atoms with Gasteiger partial charge in [0.05, 0.1) is 6.54 Å². The Morgan fingerprint density at radius 2 is 2.33 bits per heavy atom. The lowest BCUT2D eigenvalue weighted by Crippen LogP contribution is -2.20. The number of rotatable bonds is 0. The second-order valence-electron chi connectivity index (χ2n) is 2.00. The number of halogens is 1. The quantitative estimate of drug-likeness (QED) is 0.591. The van der Waals surface area contributed by atoms with Crippen LogP contribution in [0.4, 0.5) is 0 Å². The van der Waals surface area contributed by atoms with Crippen molar-refractivity contribution < 1.29 is 0 Å². The van der Waals surface area contributed by atoms with Crippen LogP contribution in [0.5, 0.6) is 0 Å². The average Bonchev–Trinajstić information content (AvgIpc) is 2.15. The van der Waals surface area contributed by atoms with Gasteiger partial charge in [-0.3, -0.25) is 4.99 Å². The maximum Gasteiger partial charge on any atom is 0.159 e. The molecule has 0 spiro atoms. The minimum Gasteiger partial charge on any atom is -0.349 e. The van der Waals surface area contributed by atoms with E-state index in [4.69, 9.17) is 0 Å². The van der Waals surface area contributed by atoms with Crippen LogP contribution in [0.2, 0.25) is 0 Å². The fourth-order valence-corrected chi connectivity index (χ4v) is 2.10. The molecule has 0 aromatic rings. The van der Waals surface area contributed by atoms with Crippen LogP contribution in [0.3, 0.4) is 0 Å². The molecule has 0 radical (unpaired) electrons. The standard InChI is InChI=1S/C5H8N2S.BrH/c1-2-7-3-4-8-5(7)6-1;/h1-4H2;1H. The number of nitrogens with zero attached hydrogens (tertiary/aromatic N) is 2. The van der Waals surface area contributed by atoms with Gasteiger partial charge in [-0.1, -0.05) is 11.8 Å². The van der Waals surface area contributed by atoms with Gasteiger partial charge in [0.25, 0.3) is 0 Å². The summed E-state index contributed by atoms with van der Waals surface area (Å²) in [5, 5.41) is 1.28. The molecule has 0 bridgehead atoms. The Morgan fingerprint density at radius 1 is 1.44 bits per heavy atom. The molecule has 2 aliphatic rings. The van der Waals surface area contributed by atoms with E-state index in [9.17, 15) is 0 Å². The van der Waals surface area contributed by atoms with E-state index in [0.717, 1.165) is 6.54 Å². The average molecular weight is 209 g/mol. The van der Waals surface area contributed by atoms with Gasteiger partial charge in [-0.15, -0.1) is 17.0 Å². The van der Waals surface area contributed by atoms with Gasteiger partial charge in [-0.2, -0.15) is 0 Å². The summed E-state index contributed by atoms with van der Waals surface area (Å²) in [7, 11) is 0. The fraction of sp³-hybridized carbons (Fsp3) is 0.800. The monoisotopic (exact) mass is 208 g/mol. The Kier molecular flexibility index (Phi) is 2.41. The lowest BCUT2D eigenvalue weighted by atomic mass is 10.6. The van der Waals surface area contributed by atoms with Crippen molar-refractivity contribution in [1.82, 2.24) is 4.90 Å². The van der Waals surface area contributed by atoms with Crippen molar-refractivity contribution in [1.29, 1.82) is 0 Å². The molecule has 4 heteroatoms. The van der Waals surface area contributed by atoms with E-state index in [2.05, 4.69) is 9.89 Å². The molecule has 0 atom stereocenters. The molecule has 9 heavy (non-hydrogen) atoms. The number of fused-ring (bicyclic) bond motifs is 1. The molecule has 0 amide bonds. The molecule has 52 valence electrons. The van der Waals surface area contributed by atoms with E-state index in [1.807, 2.05) is 11.8 Å². The lowest BCUT2D eigenvalue weighted by Gasteiger charge is -2.06. The largest absolute Gasteiger partial charge is 0.349 e. The molecule has 0 aromatic heterocycles. The molecule has 0 N–H and O–H groups in total. The highest BCUT2D eigenvalue weighted by Crippen LogP contribution is 2.20. The first-order valence-corrected chi connectivity index (χ1v) is 3.87. The maximum atomic E-state index is 4.30. The molecule has 0 aliphatic carbocycles. The van der Waals surface area contributed by atoms with Crippen LogP contribution in [0, 0.1) is 0 Å². The second-order valence-corrected chi connectivity index (χ2v) is 3.06. The molecule has 0 saturated carbocycles. The van der Waals surface area contributed by atoms with Crippen molar-refractivity contribution in [3.63, 3.8) is 0 Å². The predicted octanol–water partition coefficient (Wildman–Crippen LogP) is 0.983. The molecule has 2 aliphatic heterocycles. The molecular formula is C5H9BrN2S. The third-order valence-electron chi connectivity index (χ3n) is 1.48. The Morgan fingerprint density at radius 3 is 3.11 bits per heavy atom. The highest BCUT2D eigenvalue weighted by atomic mass is 79.9. The Bertz CT molecular complexity index is 137. The third-order valence-corrected chi connectivity index (χ3v) is 2.51. The van der Waals surface area contributed by atoms with Gasteiger partial charge >= 0.3 is 0 Å². The zero-order chi connectivity index (χ0) is 5.40. The number of thioether (sulfide) groups is 1. The van der Waals surface area contributed by atoms with E-state index in [-0.39, 0.29) is 17.0 Å². The minimum atomic E-state index is 0. The summed E-state index contributed by atoms with van der Waals surface area (Å²) in [6.45, 7) is 3.42. The first-order chi connectivity index (χ1) is 3.97. The zero-order valence-electron chi connectivity index (χ0n) is 5.04. The number of aliphatic imine (C=N–C) groups is 1. The minimum absolute atomic E-state index is 0. The van der Waals surface area contributed by atoms with Crippen LogP contribution < -0.4 is 0 Å². The van der Waals surface area contributed by atoms with E-state index < -0.39 is 0 Å². The van der Waals surface area contributed by atoms with Gasteiger partial charge < -0.3 is 4.90 Å². The maximum absolute atomic E-state index is 4.30. The summed E-state index contributed by atoms with van der Waals surface area (Å²) >= 11 is 1.89. The summed E-state index contributed by atoms with van der Waals surface area (Å²) in [5.74, 6) is 1.25. The first kappa shape index (κ1) is 7.41. The summed E-state index contributed by atoms with van der Waals surface area (Å²) in [5.41, 5.74) is 0. The van der Waals surface area contributed by atoms with Gasteiger partial charge in [0.15, 0.2) is 5.17 Å². The van der Waals surface area contributed by atoms with E-state index >= 15 is 0 Å². The van der Waals surface area contributed by atoms with Crippen molar-refractivity contribution in [2.75, 3.05) is 25.4 Å². The number of hydrogen-bond acceptors (Lipinski definition) is 3.